The summed E-state index contributed by atoms with van der Waals surface area (Å²) < 4.78 is 10.4. The lowest BCUT2D eigenvalue weighted by atomic mass is 9.76. The number of amides is 2. The van der Waals surface area contributed by atoms with Gasteiger partial charge < -0.3 is 19.3 Å². The molecule has 0 aromatic heterocycles. The first kappa shape index (κ1) is 18.6. The van der Waals surface area contributed by atoms with Crippen molar-refractivity contribution in [3.63, 3.8) is 0 Å². The average Bonchev–Trinajstić information content (AvgIpc) is 2.96. The number of hydrogen-bond donors (Lipinski definition) is 0. The molecular weight excluding hydrogens is 322 g/mol. The zero-order chi connectivity index (χ0) is 17.9. The van der Waals surface area contributed by atoms with Crippen LogP contribution in [0.3, 0.4) is 0 Å². The zero-order valence-corrected chi connectivity index (χ0v) is 15.5. The van der Waals surface area contributed by atoms with E-state index in [0.717, 1.165) is 38.9 Å². The molecule has 25 heavy (non-hydrogen) atoms. The maximum Gasteiger partial charge on any atom is 0.240 e. The van der Waals surface area contributed by atoms with E-state index >= 15 is 0 Å². The van der Waals surface area contributed by atoms with E-state index in [-0.39, 0.29) is 23.3 Å². The third-order valence-electron chi connectivity index (χ3n) is 6.05. The summed E-state index contributed by atoms with van der Waals surface area (Å²) in [5.74, 6) is 0.435. The largest absolute Gasteiger partial charge is 0.384 e. The Kier molecular flexibility index (Phi) is 5.96. The van der Waals surface area contributed by atoms with Crippen LogP contribution in [0.2, 0.25) is 0 Å². The van der Waals surface area contributed by atoms with Gasteiger partial charge >= 0.3 is 0 Å². The zero-order valence-electron chi connectivity index (χ0n) is 15.5. The Balaban J connectivity index is 1.54. The maximum atomic E-state index is 12.9. The SMILES string of the molecule is COCCC(=O)N1CCC2(CC1)CC(C(=O)N1CCOCC1)N(C)C2. The van der Waals surface area contributed by atoms with Crippen molar-refractivity contribution >= 4 is 11.8 Å². The van der Waals surface area contributed by atoms with Crippen molar-refractivity contribution in [2.24, 2.45) is 5.41 Å². The fourth-order valence-electron chi connectivity index (χ4n) is 4.48. The highest BCUT2D eigenvalue weighted by Gasteiger charge is 2.47. The molecule has 2 amide bonds. The molecule has 1 spiro atoms. The number of ether oxygens (including phenoxy) is 2. The summed E-state index contributed by atoms with van der Waals surface area (Å²) in [6.07, 6.45) is 3.35. The fraction of sp³-hybridized carbons (Fsp3) is 0.889. The lowest BCUT2D eigenvalue weighted by molar-refractivity contribution is -0.140. The quantitative estimate of drug-likeness (QED) is 0.722. The molecule has 0 N–H and O–H groups in total. The molecule has 0 saturated carbocycles. The molecule has 3 fully saturated rings. The number of rotatable bonds is 4. The van der Waals surface area contributed by atoms with E-state index < -0.39 is 0 Å². The van der Waals surface area contributed by atoms with Crippen LogP contribution in [0, 0.1) is 5.41 Å². The van der Waals surface area contributed by atoms with E-state index in [4.69, 9.17) is 9.47 Å². The van der Waals surface area contributed by atoms with Crippen LogP contribution in [0.25, 0.3) is 0 Å². The molecule has 3 rings (SSSR count). The molecule has 0 bridgehead atoms. The fourth-order valence-corrected chi connectivity index (χ4v) is 4.48. The Morgan fingerprint density at radius 1 is 1.12 bits per heavy atom. The Morgan fingerprint density at radius 3 is 2.44 bits per heavy atom. The van der Waals surface area contributed by atoms with Crippen molar-refractivity contribution < 1.29 is 19.1 Å². The van der Waals surface area contributed by atoms with Gasteiger partial charge in [0.15, 0.2) is 0 Å². The van der Waals surface area contributed by atoms with Gasteiger partial charge in [0, 0.05) is 39.8 Å². The second kappa shape index (κ2) is 8.01. The second-order valence-electron chi connectivity index (χ2n) is 7.70. The Hall–Kier alpha value is -1.18. The van der Waals surface area contributed by atoms with E-state index in [9.17, 15) is 9.59 Å². The summed E-state index contributed by atoms with van der Waals surface area (Å²) in [6.45, 7) is 5.74. The van der Waals surface area contributed by atoms with Crippen LogP contribution in [0.1, 0.15) is 25.7 Å². The summed E-state index contributed by atoms with van der Waals surface area (Å²) >= 11 is 0. The van der Waals surface area contributed by atoms with Gasteiger partial charge in [0.05, 0.1) is 32.3 Å². The van der Waals surface area contributed by atoms with Crippen LogP contribution in [0.4, 0.5) is 0 Å². The topological polar surface area (TPSA) is 62.3 Å². The van der Waals surface area contributed by atoms with Gasteiger partial charge in [-0.1, -0.05) is 0 Å². The Morgan fingerprint density at radius 2 is 1.80 bits per heavy atom. The van der Waals surface area contributed by atoms with Crippen LogP contribution in [-0.4, -0.2) is 99.3 Å². The lowest BCUT2D eigenvalue weighted by Gasteiger charge is -2.39. The standard InChI is InChI=1S/C18H31N3O4/c1-19-14-18(4-6-20(7-5-18)16(22)3-10-24-2)13-15(19)17(23)21-8-11-25-12-9-21/h15H,3-14H2,1-2H3. The summed E-state index contributed by atoms with van der Waals surface area (Å²) in [4.78, 5) is 31.2. The first-order valence-electron chi connectivity index (χ1n) is 9.38. The Labute approximate surface area is 150 Å². The molecule has 7 nitrogen and oxygen atoms in total. The number of likely N-dealkylation sites (tertiary alicyclic amines) is 2. The van der Waals surface area contributed by atoms with E-state index in [1.54, 1.807) is 7.11 Å². The number of morpholine rings is 1. The molecule has 3 aliphatic heterocycles. The van der Waals surface area contributed by atoms with E-state index in [1.165, 1.54) is 0 Å². The predicted octanol–water partition coefficient (Wildman–Crippen LogP) is 0.195. The minimum Gasteiger partial charge on any atom is -0.384 e. The van der Waals surface area contributed by atoms with Crippen molar-refractivity contribution in [1.29, 1.82) is 0 Å². The molecule has 0 radical (unpaired) electrons. The molecule has 0 aromatic rings. The molecule has 3 saturated heterocycles. The highest BCUT2D eigenvalue weighted by Crippen LogP contribution is 2.43. The summed E-state index contributed by atoms with van der Waals surface area (Å²) in [6, 6.07) is -0.0196. The van der Waals surface area contributed by atoms with Crippen molar-refractivity contribution in [1.82, 2.24) is 14.7 Å². The van der Waals surface area contributed by atoms with E-state index in [1.807, 2.05) is 9.80 Å². The monoisotopic (exact) mass is 353 g/mol. The van der Waals surface area contributed by atoms with Gasteiger partial charge in [-0.2, -0.15) is 0 Å². The number of nitrogens with zero attached hydrogens (tertiary/aromatic N) is 3. The number of piperidine rings is 1. The predicted molar refractivity (Wildman–Crippen MR) is 93.2 cm³/mol. The van der Waals surface area contributed by atoms with Crippen LogP contribution in [0.15, 0.2) is 0 Å². The normalized spacial score (nSPS) is 27.0. The minimum atomic E-state index is -0.0196. The van der Waals surface area contributed by atoms with Crippen molar-refractivity contribution in [3.05, 3.63) is 0 Å². The third kappa shape index (κ3) is 4.15. The summed E-state index contributed by atoms with van der Waals surface area (Å²) in [5.41, 5.74) is 0.180. The van der Waals surface area contributed by atoms with Crippen molar-refractivity contribution in [2.75, 3.05) is 66.7 Å². The van der Waals surface area contributed by atoms with Gasteiger partial charge in [0.2, 0.25) is 11.8 Å². The van der Waals surface area contributed by atoms with Gasteiger partial charge in [-0.05, 0) is 31.7 Å². The van der Waals surface area contributed by atoms with Crippen molar-refractivity contribution in [3.8, 4) is 0 Å². The lowest BCUT2D eigenvalue weighted by Crippen LogP contribution is -2.48. The summed E-state index contributed by atoms with van der Waals surface area (Å²) in [5, 5.41) is 0. The smallest absolute Gasteiger partial charge is 0.240 e. The first-order valence-corrected chi connectivity index (χ1v) is 9.38. The molecular formula is C18H31N3O4. The molecule has 0 aliphatic carbocycles. The molecule has 0 aromatic carbocycles. The molecule has 1 atom stereocenters. The van der Waals surface area contributed by atoms with Crippen LogP contribution in [-0.2, 0) is 19.1 Å². The number of methoxy groups -OCH3 is 1. The van der Waals surface area contributed by atoms with E-state index in [0.29, 0.717) is 39.3 Å². The van der Waals surface area contributed by atoms with Crippen molar-refractivity contribution in [2.45, 2.75) is 31.7 Å². The summed E-state index contributed by atoms with van der Waals surface area (Å²) in [7, 11) is 3.69. The van der Waals surface area contributed by atoms with Gasteiger partial charge in [-0.15, -0.1) is 0 Å². The van der Waals surface area contributed by atoms with Gasteiger partial charge in [0.1, 0.15) is 0 Å². The second-order valence-corrected chi connectivity index (χ2v) is 7.70. The molecule has 7 heteroatoms. The third-order valence-corrected chi connectivity index (χ3v) is 6.05. The number of carbonyl (C=O) groups is 2. The van der Waals surface area contributed by atoms with E-state index in [2.05, 4.69) is 11.9 Å². The first-order chi connectivity index (χ1) is 12.0. The van der Waals surface area contributed by atoms with Crippen LogP contribution >= 0.6 is 0 Å². The minimum absolute atomic E-state index is 0.0196. The van der Waals surface area contributed by atoms with Crippen LogP contribution in [0.5, 0.6) is 0 Å². The number of hydrogen-bond acceptors (Lipinski definition) is 5. The van der Waals surface area contributed by atoms with Gasteiger partial charge in [-0.25, -0.2) is 0 Å². The Bertz CT molecular complexity index is 485. The van der Waals surface area contributed by atoms with Crippen LogP contribution < -0.4 is 0 Å². The maximum absolute atomic E-state index is 12.9. The van der Waals surface area contributed by atoms with Gasteiger partial charge in [0.25, 0.3) is 0 Å². The number of carbonyl (C=O) groups excluding carboxylic acids is 2. The highest BCUT2D eigenvalue weighted by molar-refractivity contribution is 5.82. The molecule has 142 valence electrons. The molecule has 1 unspecified atom stereocenters. The van der Waals surface area contributed by atoms with Gasteiger partial charge in [-0.3, -0.25) is 14.5 Å². The molecule has 3 heterocycles. The number of likely N-dealkylation sites (N-methyl/N-ethyl adjacent to an activating group) is 1. The molecule has 3 aliphatic rings. The average molecular weight is 353 g/mol. The highest BCUT2D eigenvalue weighted by atomic mass is 16.5.